The van der Waals surface area contributed by atoms with Gasteiger partial charge in [-0.3, -0.25) is 48.1 Å². The SMILES string of the molecule is CC[C@@]1(O)C(=O)OCC2C(=O)N3Cc4cc5c(CCCCOCNC(=O)[C@H](C)CC(=O)[C@@H](NC(=O)[C@H](CCC(=O)NC[C@H](O)[C@@H](O)[C@H](O)[C@H](O)CO)CC(=O)CCCCCSC6CC(=O)N(CC7CCC(C(C)=O)CC7)C6=O)C(C)C)c(C)c(F)cc5nc4C3=CC21. The van der Waals surface area contributed by atoms with Gasteiger partial charge < -0.3 is 61.0 Å². The van der Waals surface area contributed by atoms with E-state index in [-0.39, 0.29) is 113 Å². The Kier molecular flexibility index (Phi) is 26.5. The number of fused-ring (bicyclic) bond motifs is 5. The van der Waals surface area contributed by atoms with Gasteiger partial charge in [-0.25, -0.2) is 14.2 Å². The molecule has 508 valence electrons. The van der Waals surface area contributed by atoms with Crippen molar-refractivity contribution in [3.05, 3.63) is 46.4 Å². The first-order valence-electron chi connectivity index (χ1n) is 32.5. The number of Topliss-reactive ketones (excluding diaryl/α,β-unsaturated/α-hetero) is 3. The normalized spacial score (nSPS) is 23.6. The average molecular weight is 1310 g/mol. The number of aliphatic hydroxyl groups is 6. The lowest BCUT2D eigenvalue weighted by Crippen LogP contribution is -2.58. The number of ketones is 3. The Hall–Kier alpha value is -6.13. The molecule has 24 nitrogen and oxygen atoms in total. The Morgan fingerprint density at radius 1 is 0.891 bits per heavy atom. The maximum Gasteiger partial charge on any atom is 0.338 e. The molecule has 5 aliphatic rings. The van der Waals surface area contributed by atoms with Crippen molar-refractivity contribution < 1.29 is 92.4 Å². The highest BCUT2D eigenvalue weighted by Gasteiger charge is 2.57. The highest BCUT2D eigenvalue weighted by Crippen LogP contribution is 2.47. The molecular weight excluding hydrogens is 1220 g/mol. The molecule has 3 fully saturated rings. The van der Waals surface area contributed by atoms with Gasteiger partial charge in [0, 0.05) is 92.5 Å². The van der Waals surface area contributed by atoms with Crippen molar-refractivity contribution in [3.8, 4) is 0 Å². The molecule has 1 aromatic carbocycles. The van der Waals surface area contributed by atoms with E-state index in [1.807, 2.05) is 6.07 Å². The zero-order chi connectivity index (χ0) is 67.3. The van der Waals surface area contributed by atoms with Gasteiger partial charge >= 0.3 is 5.97 Å². The number of rotatable bonds is 36. The van der Waals surface area contributed by atoms with Gasteiger partial charge in [-0.15, -0.1) is 11.8 Å². The van der Waals surface area contributed by atoms with Crippen molar-refractivity contribution >= 4 is 87.1 Å². The summed E-state index contributed by atoms with van der Waals surface area (Å²) >= 11 is 1.41. The quantitative estimate of drug-likeness (QED) is 0.0205. The summed E-state index contributed by atoms with van der Waals surface area (Å²) in [6.07, 6.45) is -0.0605. The van der Waals surface area contributed by atoms with E-state index < -0.39 is 119 Å². The number of carbonyl (C=O) groups excluding carboxylic acids is 10. The summed E-state index contributed by atoms with van der Waals surface area (Å²) in [5, 5.41) is 68.7. The summed E-state index contributed by atoms with van der Waals surface area (Å²) in [6, 6.07) is 2.19. The zero-order valence-electron chi connectivity index (χ0n) is 53.6. The second-order valence-electron chi connectivity index (χ2n) is 26.0. The summed E-state index contributed by atoms with van der Waals surface area (Å²) in [7, 11) is 0. The molecule has 2 saturated heterocycles. The number of hydrogen-bond donors (Lipinski definition) is 9. The van der Waals surface area contributed by atoms with Crippen LogP contribution < -0.4 is 16.0 Å². The first kappa shape index (κ1) is 73.3. The molecule has 11 atom stereocenters. The largest absolute Gasteiger partial charge is 0.463 e. The van der Waals surface area contributed by atoms with E-state index in [4.69, 9.17) is 19.6 Å². The van der Waals surface area contributed by atoms with Crippen LogP contribution in [0.25, 0.3) is 16.6 Å². The smallest absolute Gasteiger partial charge is 0.338 e. The molecule has 5 heterocycles. The number of hydrogen-bond acceptors (Lipinski definition) is 20. The van der Waals surface area contributed by atoms with E-state index in [0.717, 1.165) is 42.2 Å². The number of esters is 1. The number of pyridine rings is 1. The monoisotopic (exact) mass is 1310 g/mol. The van der Waals surface area contributed by atoms with Crippen LogP contribution in [0, 0.1) is 54.2 Å². The molecule has 1 aliphatic carbocycles. The number of carbonyl (C=O) groups is 10. The molecule has 0 spiro atoms. The standard InChI is InChI=1S/C66H93FN6O18S/c1-7-66(89)47-26-50-58-42(31-72(50)63(86)46(47)33-91-65(66)88)25-45-44(37(5)48(67)27-49(45)70-58)14-10-11-21-90-34-69-61(84)36(4)23-51(77)57(35(2)3)71-62(85)41(19-20-55(80)68-29-52(78)59(82)60(83)53(79)32-74)24-43(76)13-9-8-12-22-92-54-28-56(81)73(64(54)87)30-39-15-17-40(18-16-39)38(6)75/h25-27,35-36,39-41,46-47,52-54,57,59-60,74,78-79,82-83,89H,7-24,28-34H2,1-6H3,(H,68,80)(H,69,84)(H,71,85)/t36-,39?,40?,41-,46?,47?,52+,53-,54?,57+,59-,60-,66+/m1/s1. The fraction of sp³-hybridized carbons (Fsp3) is 0.682. The van der Waals surface area contributed by atoms with Crippen LogP contribution in [0.4, 0.5) is 4.39 Å². The average Bonchev–Trinajstić information content (AvgIpc) is 1.48. The zero-order valence-corrected chi connectivity index (χ0v) is 54.4. The van der Waals surface area contributed by atoms with Gasteiger partial charge in [0.1, 0.15) is 49.0 Å². The molecule has 4 aliphatic heterocycles. The lowest BCUT2D eigenvalue weighted by Gasteiger charge is -2.44. The number of amides is 6. The minimum atomic E-state index is -1.93. The van der Waals surface area contributed by atoms with Gasteiger partial charge in [-0.1, -0.05) is 40.2 Å². The molecular formula is C66H93FN6O18S. The second-order valence-corrected chi connectivity index (χ2v) is 27.3. The first-order chi connectivity index (χ1) is 43.7. The molecule has 9 N–H and O–H groups in total. The number of thioether (sulfide) groups is 1. The maximum atomic E-state index is 15.5. The van der Waals surface area contributed by atoms with E-state index in [1.165, 1.54) is 22.7 Å². The van der Waals surface area contributed by atoms with Gasteiger partial charge in [0.2, 0.25) is 35.4 Å². The number of cyclic esters (lactones) is 1. The Labute approximate surface area is 539 Å². The van der Waals surface area contributed by atoms with Crippen LogP contribution in [-0.2, 0) is 70.4 Å². The first-order valence-corrected chi connectivity index (χ1v) is 33.5. The number of aliphatic hydroxyl groups excluding tert-OH is 5. The summed E-state index contributed by atoms with van der Waals surface area (Å²) in [5.41, 5.74) is 1.43. The van der Waals surface area contributed by atoms with E-state index in [9.17, 15) is 73.5 Å². The number of benzene rings is 1. The van der Waals surface area contributed by atoms with Crippen LogP contribution >= 0.6 is 11.8 Å². The highest BCUT2D eigenvalue weighted by molar-refractivity contribution is 8.00. The molecule has 7 rings (SSSR count). The predicted molar refractivity (Wildman–Crippen MR) is 334 cm³/mol. The maximum absolute atomic E-state index is 15.5. The number of nitrogens with zero attached hydrogens (tertiary/aromatic N) is 3. The number of ether oxygens (including phenoxy) is 2. The number of unbranched alkanes of at least 4 members (excludes halogenated alkanes) is 3. The molecule has 3 unspecified atom stereocenters. The van der Waals surface area contributed by atoms with E-state index >= 15 is 4.39 Å². The van der Waals surface area contributed by atoms with Crippen molar-refractivity contribution in [2.45, 2.75) is 199 Å². The lowest BCUT2D eigenvalue weighted by molar-refractivity contribution is -0.190. The number of imide groups is 1. The second kappa shape index (κ2) is 33.3. The van der Waals surface area contributed by atoms with Gasteiger partial charge in [0.25, 0.3) is 0 Å². The number of nitrogens with one attached hydrogen (secondary N) is 3. The summed E-state index contributed by atoms with van der Waals surface area (Å²) < 4.78 is 26.5. The fourth-order valence-electron chi connectivity index (χ4n) is 13.1. The van der Waals surface area contributed by atoms with Gasteiger partial charge in [-0.2, -0.15) is 0 Å². The predicted octanol–water partition coefficient (Wildman–Crippen LogP) is 3.18. The molecule has 1 aromatic heterocycles. The minimum Gasteiger partial charge on any atom is -0.463 e. The third-order valence-electron chi connectivity index (χ3n) is 19.0. The molecule has 26 heteroatoms. The van der Waals surface area contributed by atoms with Gasteiger partial charge in [0.05, 0.1) is 53.4 Å². The third-order valence-corrected chi connectivity index (χ3v) is 20.3. The van der Waals surface area contributed by atoms with E-state index in [2.05, 4.69) is 16.0 Å². The number of halogens is 1. The van der Waals surface area contributed by atoms with Gasteiger partial charge in [0.15, 0.2) is 11.4 Å². The van der Waals surface area contributed by atoms with Crippen LogP contribution in [0.15, 0.2) is 18.2 Å². The third kappa shape index (κ3) is 18.0. The molecule has 92 heavy (non-hydrogen) atoms. The summed E-state index contributed by atoms with van der Waals surface area (Å²) in [4.78, 5) is 140. The van der Waals surface area contributed by atoms with Crippen LogP contribution in [0.1, 0.15) is 160 Å². The highest BCUT2D eigenvalue weighted by atomic mass is 32.2. The number of aryl methyl sites for hydroxylation is 1. The molecule has 0 bridgehead atoms. The van der Waals surface area contributed by atoms with Crippen molar-refractivity contribution in [2.24, 2.45) is 41.4 Å². The van der Waals surface area contributed by atoms with Crippen molar-refractivity contribution in [1.29, 1.82) is 0 Å². The number of aromatic nitrogens is 1. The molecule has 1 saturated carbocycles. The van der Waals surface area contributed by atoms with Gasteiger partial charge in [-0.05, 0) is 119 Å². The van der Waals surface area contributed by atoms with Crippen molar-refractivity contribution in [1.82, 2.24) is 30.7 Å². The lowest BCUT2D eigenvalue weighted by atomic mass is 9.72. The molecule has 6 amide bonds. The van der Waals surface area contributed by atoms with Crippen molar-refractivity contribution in [2.75, 3.05) is 45.4 Å². The van der Waals surface area contributed by atoms with E-state index in [1.54, 1.807) is 52.5 Å². The fourth-order valence-corrected chi connectivity index (χ4v) is 14.3. The van der Waals surface area contributed by atoms with Crippen LogP contribution in [0.2, 0.25) is 0 Å². The number of likely N-dealkylation sites (tertiary alicyclic amines) is 1. The van der Waals surface area contributed by atoms with E-state index in [0.29, 0.717) is 73.3 Å². The topological polar surface area (TPSA) is 366 Å². The van der Waals surface area contributed by atoms with Crippen molar-refractivity contribution in [3.63, 3.8) is 0 Å². The van der Waals surface area contributed by atoms with Crippen LogP contribution in [-0.4, -0.2) is 191 Å². The Morgan fingerprint density at radius 3 is 2.29 bits per heavy atom. The Balaban J connectivity index is 0.862. The van der Waals surface area contributed by atoms with Crippen LogP contribution in [0.3, 0.4) is 0 Å². The Bertz CT molecular complexity index is 3080. The Morgan fingerprint density at radius 2 is 1.61 bits per heavy atom. The summed E-state index contributed by atoms with van der Waals surface area (Å²) in [6.45, 7) is 8.93. The summed E-state index contributed by atoms with van der Waals surface area (Å²) in [5.74, 6) is -7.51. The minimum absolute atomic E-state index is 0.0423. The van der Waals surface area contributed by atoms with Crippen LogP contribution in [0.5, 0.6) is 0 Å². The molecule has 0 radical (unpaired) electrons. The molecule has 2 aromatic rings.